The van der Waals surface area contributed by atoms with Gasteiger partial charge >= 0.3 is 0 Å². The number of hydrogen-bond acceptors (Lipinski definition) is 4. The Kier molecular flexibility index (Phi) is 6.18. The predicted octanol–water partition coefficient (Wildman–Crippen LogP) is 4.19. The third kappa shape index (κ3) is 5.26. The fraction of sp³-hybridized carbons (Fsp3) is 0.368. The molecule has 0 radical (unpaired) electrons. The summed E-state index contributed by atoms with van der Waals surface area (Å²) in [6, 6.07) is 10.9. The number of para-hydroxylation sites is 2. The minimum atomic E-state index is -0.190. The second-order valence-electron chi connectivity index (χ2n) is 6.32. The average Bonchev–Trinajstić information content (AvgIpc) is 2.54. The number of anilines is 2. The maximum atomic E-state index is 12.5. The van der Waals surface area contributed by atoms with Crippen LogP contribution in [0.2, 0.25) is 0 Å². The number of carbonyl (C=O) groups excluding carboxylic acids is 1. The molecule has 1 aromatic carbocycles. The Balaban J connectivity index is 2.11. The van der Waals surface area contributed by atoms with Crippen LogP contribution in [0.1, 0.15) is 38.1 Å². The van der Waals surface area contributed by atoms with Crippen LogP contribution in [0, 0.1) is 5.92 Å². The molecule has 1 aromatic heterocycles. The van der Waals surface area contributed by atoms with E-state index in [4.69, 9.17) is 4.74 Å². The molecule has 0 bridgehead atoms. The van der Waals surface area contributed by atoms with Crippen molar-refractivity contribution >= 4 is 17.4 Å². The fourth-order valence-corrected chi connectivity index (χ4v) is 2.10. The van der Waals surface area contributed by atoms with Crippen LogP contribution in [0.5, 0.6) is 5.75 Å². The number of nitrogens with zero attached hydrogens (tertiary/aromatic N) is 1. The Labute approximate surface area is 143 Å². The van der Waals surface area contributed by atoms with Gasteiger partial charge in [0.15, 0.2) is 0 Å². The van der Waals surface area contributed by atoms with Gasteiger partial charge in [0.2, 0.25) is 0 Å². The number of benzene rings is 1. The molecule has 0 aliphatic rings. The Morgan fingerprint density at radius 3 is 2.62 bits per heavy atom. The number of aromatic nitrogens is 1. The zero-order valence-electron chi connectivity index (χ0n) is 14.7. The number of pyridine rings is 1. The summed E-state index contributed by atoms with van der Waals surface area (Å²) in [4.78, 5) is 16.8. The summed E-state index contributed by atoms with van der Waals surface area (Å²) in [5.74, 6) is 1.67. The summed E-state index contributed by atoms with van der Waals surface area (Å²) in [7, 11) is 0. The Bertz CT molecular complexity index is 684. The van der Waals surface area contributed by atoms with Gasteiger partial charge in [0.05, 0.1) is 11.8 Å². The van der Waals surface area contributed by atoms with Crippen molar-refractivity contribution in [1.82, 2.24) is 4.98 Å². The van der Waals surface area contributed by atoms with Gasteiger partial charge in [-0.1, -0.05) is 26.0 Å². The first-order valence-electron chi connectivity index (χ1n) is 8.22. The number of ether oxygens (including phenoxy) is 1. The normalized spacial score (nSPS) is 10.8. The van der Waals surface area contributed by atoms with Crippen molar-refractivity contribution in [2.75, 3.05) is 17.2 Å². The maximum absolute atomic E-state index is 12.5. The largest absolute Gasteiger partial charge is 0.489 e. The van der Waals surface area contributed by atoms with Crippen LogP contribution in [0.15, 0.2) is 42.6 Å². The molecule has 0 aliphatic heterocycles. The van der Waals surface area contributed by atoms with Gasteiger partial charge in [0, 0.05) is 18.3 Å². The summed E-state index contributed by atoms with van der Waals surface area (Å²) >= 11 is 0. The van der Waals surface area contributed by atoms with E-state index in [1.54, 1.807) is 18.3 Å². The molecule has 0 saturated carbocycles. The zero-order valence-corrected chi connectivity index (χ0v) is 14.7. The van der Waals surface area contributed by atoms with Crippen molar-refractivity contribution in [3.05, 3.63) is 48.2 Å². The van der Waals surface area contributed by atoms with Gasteiger partial charge < -0.3 is 15.4 Å². The molecule has 5 nitrogen and oxygen atoms in total. The lowest BCUT2D eigenvalue weighted by Gasteiger charge is -2.15. The fourth-order valence-electron chi connectivity index (χ4n) is 2.10. The minimum absolute atomic E-state index is 0.0378. The van der Waals surface area contributed by atoms with Gasteiger partial charge in [-0.2, -0.15) is 0 Å². The number of nitrogens with one attached hydrogen (secondary N) is 2. The van der Waals surface area contributed by atoms with Crippen molar-refractivity contribution in [2.24, 2.45) is 5.92 Å². The first-order valence-corrected chi connectivity index (χ1v) is 8.22. The van der Waals surface area contributed by atoms with E-state index in [2.05, 4.69) is 29.5 Å². The highest BCUT2D eigenvalue weighted by Crippen LogP contribution is 2.25. The van der Waals surface area contributed by atoms with Crippen LogP contribution in [-0.2, 0) is 0 Å². The first-order chi connectivity index (χ1) is 11.5. The third-order valence-electron chi connectivity index (χ3n) is 3.21. The molecule has 0 fully saturated rings. The van der Waals surface area contributed by atoms with Crippen LogP contribution < -0.4 is 15.4 Å². The van der Waals surface area contributed by atoms with Crippen molar-refractivity contribution < 1.29 is 9.53 Å². The van der Waals surface area contributed by atoms with E-state index in [1.807, 2.05) is 38.1 Å². The Morgan fingerprint density at radius 1 is 1.17 bits per heavy atom. The Hall–Kier alpha value is -2.56. The number of hydrogen-bond donors (Lipinski definition) is 2. The van der Waals surface area contributed by atoms with E-state index < -0.39 is 0 Å². The van der Waals surface area contributed by atoms with Crippen molar-refractivity contribution in [3.8, 4) is 5.75 Å². The first kappa shape index (κ1) is 17.8. The molecule has 24 heavy (non-hydrogen) atoms. The molecule has 0 saturated heterocycles. The monoisotopic (exact) mass is 327 g/mol. The molecule has 1 amide bonds. The van der Waals surface area contributed by atoms with Crippen molar-refractivity contribution in [3.63, 3.8) is 0 Å². The minimum Gasteiger partial charge on any atom is -0.489 e. The van der Waals surface area contributed by atoms with E-state index in [-0.39, 0.29) is 12.0 Å². The Morgan fingerprint density at radius 2 is 1.92 bits per heavy atom. The lowest BCUT2D eigenvalue weighted by molar-refractivity contribution is 0.102. The van der Waals surface area contributed by atoms with Gasteiger partial charge in [0.1, 0.15) is 11.6 Å². The molecule has 0 atom stereocenters. The van der Waals surface area contributed by atoms with Crippen LogP contribution in [0.4, 0.5) is 11.5 Å². The smallest absolute Gasteiger partial charge is 0.255 e. The van der Waals surface area contributed by atoms with Crippen LogP contribution in [0.25, 0.3) is 0 Å². The molecule has 1 heterocycles. The lowest BCUT2D eigenvalue weighted by atomic mass is 10.2. The molecule has 2 N–H and O–H groups in total. The summed E-state index contributed by atoms with van der Waals surface area (Å²) in [6.45, 7) is 8.95. The third-order valence-corrected chi connectivity index (χ3v) is 3.21. The molecule has 5 heteroatoms. The van der Waals surface area contributed by atoms with E-state index in [1.165, 1.54) is 0 Å². The molecular weight excluding hydrogens is 302 g/mol. The quantitative estimate of drug-likeness (QED) is 0.800. The highest BCUT2D eigenvalue weighted by Gasteiger charge is 2.11. The number of carbonyl (C=O) groups is 1. The molecule has 2 rings (SSSR count). The van der Waals surface area contributed by atoms with Crippen molar-refractivity contribution in [1.29, 1.82) is 0 Å². The highest BCUT2D eigenvalue weighted by atomic mass is 16.5. The van der Waals surface area contributed by atoms with E-state index >= 15 is 0 Å². The van der Waals surface area contributed by atoms with Crippen LogP contribution in [0.3, 0.4) is 0 Å². The maximum Gasteiger partial charge on any atom is 0.255 e. The lowest BCUT2D eigenvalue weighted by Crippen LogP contribution is -2.15. The molecule has 0 aliphatic carbocycles. The number of amides is 1. The highest BCUT2D eigenvalue weighted by molar-refractivity contribution is 6.05. The van der Waals surface area contributed by atoms with E-state index in [0.717, 1.165) is 6.54 Å². The van der Waals surface area contributed by atoms with Crippen LogP contribution >= 0.6 is 0 Å². The summed E-state index contributed by atoms with van der Waals surface area (Å²) in [5, 5.41) is 6.13. The van der Waals surface area contributed by atoms with Crippen molar-refractivity contribution in [2.45, 2.75) is 33.8 Å². The molecular formula is C19H25N3O2. The van der Waals surface area contributed by atoms with E-state index in [9.17, 15) is 4.79 Å². The standard InChI is InChI=1S/C19H25N3O2/c1-13(2)12-21-18-11-15(9-10-20-18)19(23)22-16-7-5-6-8-17(16)24-14(3)4/h5-11,13-14H,12H2,1-4H3,(H,20,21)(H,22,23). The topological polar surface area (TPSA) is 63.2 Å². The average molecular weight is 327 g/mol. The molecule has 0 unspecified atom stereocenters. The van der Waals surface area contributed by atoms with Gasteiger partial charge in [-0.05, 0) is 44.0 Å². The molecule has 0 spiro atoms. The zero-order chi connectivity index (χ0) is 17.5. The van der Waals surface area contributed by atoms with Gasteiger partial charge in [-0.3, -0.25) is 4.79 Å². The second kappa shape index (κ2) is 8.34. The summed E-state index contributed by atoms with van der Waals surface area (Å²) in [5.41, 5.74) is 1.21. The number of rotatable bonds is 7. The van der Waals surface area contributed by atoms with Crippen LogP contribution in [-0.4, -0.2) is 23.5 Å². The summed E-state index contributed by atoms with van der Waals surface area (Å²) < 4.78 is 5.73. The van der Waals surface area contributed by atoms with Gasteiger partial charge in [-0.25, -0.2) is 4.98 Å². The predicted molar refractivity (Wildman–Crippen MR) is 97.7 cm³/mol. The van der Waals surface area contributed by atoms with Gasteiger partial charge in [-0.15, -0.1) is 0 Å². The van der Waals surface area contributed by atoms with Gasteiger partial charge in [0.25, 0.3) is 5.91 Å². The molecule has 2 aromatic rings. The summed E-state index contributed by atoms with van der Waals surface area (Å²) in [6.07, 6.45) is 1.67. The van der Waals surface area contributed by atoms with E-state index in [0.29, 0.717) is 28.7 Å². The second-order valence-corrected chi connectivity index (χ2v) is 6.32. The SMILES string of the molecule is CC(C)CNc1cc(C(=O)Nc2ccccc2OC(C)C)ccn1. The molecule has 128 valence electrons.